The molecule has 0 saturated heterocycles. The second-order valence-corrected chi connectivity index (χ2v) is 4.93. The zero-order valence-electron chi connectivity index (χ0n) is 11.7. The van der Waals surface area contributed by atoms with E-state index in [4.69, 9.17) is 0 Å². The summed E-state index contributed by atoms with van der Waals surface area (Å²) in [4.78, 5) is 0. The summed E-state index contributed by atoms with van der Waals surface area (Å²) in [5.41, 5.74) is 9.20. The first-order valence-electron chi connectivity index (χ1n) is 6.06. The molecule has 1 heteroatoms. The molecule has 0 radical (unpaired) electrons. The van der Waals surface area contributed by atoms with Gasteiger partial charge in [0.05, 0.1) is 0 Å². The molecular weight excluding hydrogens is 388 g/mol. The second-order valence-electron chi connectivity index (χ2n) is 4.93. The monoisotopic (exact) mass is 407 g/mol. The van der Waals surface area contributed by atoms with Gasteiger partial charge in [-0.1, -0.05) is 31.5 Å². The number of hydrogen-bond donors (Lipinski definition) is 0. The largest absolute Gasteiger partial charge is 2.00 e. The van der Waals surface area contributed by atoms with Crippen LogP contribution in [0.4, 0.5) is 0 Å². The maximum atomic E-state index is 3.32. The van der Waals surface area contributed by atoms with Crippen molar-refractivity contribution in [2.24, 2.45) is 0 Å². The minimum absolute atomic E-state index is 0. The fourth-order valence-electron chi connectivity index (χ4n) is 2.05. The summed E-state index contributed by atoms with van der Waals surface area (Å²) in [5.74, 6) is 0. The maximum absolute atomic E-state index is 3.32. The van der Waals surface area contributed by atoms with Crippen molar-refractivity contribution in [3.05, 3.63) is 58.1 Å². The molecule has 2 rings (SSSR count). The van der Waals surface area contributed by atoms with Crippen LogP contribution in [0, 0.1) is 40.7 Å². The molecule has 0 bridgehead atoms. The number of rotatable bonds is 1. The van der Waals surface area contributed by atoms with E-state index in [1.165, 1.54) is 38.9 Å². The van der Waals surface area contributed by atoms with E-state index in [1.807, 2.05) is 0 Å². The van der Waals surface area contributed by atoms with Crippen LogP contribution >= 0.6 is 0 Å². The molecule has 2 aromatic carbocycles. The van der Waals surface area contributed by atoms with Crippen LogP contribution in [0.25, 0.3) is 11.1 Å². The molecule has 0 N–H and O–H groups in total. The Bertz CT molecular complexity index is 545. The average Bonchev–Trinajstić information content (AvgIpc) is 2.29. The summed E-state index contributed by atoms with van der Waals surface area (Å²) in [5, 5.41) is 0. The van der Waals surface area contributed by atoms with Gasteiger partial charge in [-0.15, -0.1) is 5.56 Å². The normalized spacial score (nSPS) is 10.1. The Kier molecular flexibility index (Phi) is 4.93. The van der Waals surface area contributed by atoms with Crippen LogP contribution in [0.5, 0.6) is 0 Å². The smallest absolute Gasteiger partial charge is 0.180 e. The van der Waals surface area contributed by atoms with Gasteiger partial charge in [0.15, 0.2) is 0 Å². The van der Waals surface area contributed by atoms with Crippen LogP contribution in [0.1, 0.15) is 27.8 Å². The minimum Gasteiger partial charge on any atom is -0.180 e. The third-order valence-corrected chi connectivity index (χ3v) is 3.67. The summed E-state index contributed by atoms with van der Waals surface area (Å²) < 4.78 is 0. The topological polar surface area (TPSA) is 0 Å². The van der Waals surface area contributed by atoms with E-state index >= 15 is 0 Å². The summed E-state index contributed by atoms with van der Waals surface area (Å²) >= 11 is 0. The van der Waals surface area contributed by atoms with Crippen molar-refractivity contribution < 1.29 is 21.1 Å². The van der Waals surface area contributed by atoms with Crippen molar-refractivity contribution in [1.82, 2.24) is 0 Å². The van der Waals surface area contributed by atoms with Crippen molar-refractivity contribution in [1.29, 1.82) is 0 Å². The first kappa shape index (κ1) is 15.2. The van der Waals surface area contributed by atoms with Crippen LogP contribution in [-0.2, 0) is 21.1 Å². The van der Waals surface area contributed by atoms with Crippen molar-refractivity contribution in [2.45, 2.75) is 34.6 Å². The van der Waals surface area contributed by atoms with E-state index in [2.05, 4.69) is 65.0 Å². The van der Waals surface area contributed by atoms with Gasteiger partial charge < -0.3 is 0 Å². The summed E-state index contributed by atoms with van der Waals surface area (Å²) in [7, 11) is 0. The van der Waals surface area contributed by atoms with E-state index in [1.54, 1.807) is 0 Å². The molecule has 0 spiro atoms. The van der Waals surface area contributed by atoms with E-state index in [-0.39, 0.29) is 21.1 Å². The zero-order valence-corrected chi connectivity index (χ0v) is 14.7. The average molecular weight is 407 g/mol. The molecule has 0 saturated carbocycles. The molecule has 0 aliphatic rings. The molecule has 0 fully saturated rings. The molecule has 2 aromatic rings. The van der Waals surface area contributed by atoms with Crippen LogP contribution < -0.4 is 0 Å². The molecule has 0 heterocycles. The van der Waals surface area contributed by atoms with Crippen LogP contribution in [0.3, 0.4) is 0 Å². The molecule has 92 valence electrons. The van der Waals surface area contributed by atoms with E-state index < -0.39 is 0 Å². The molecule has 0 atom stereocenters. The third-order valence-electron chi connectivity index (χ3n) is 3.67. The summed E-state index contributed by atoms with van der Waals surface area (Å²) in [6.07, 6.45) is 0. The number of benzene rings is 2. The van der Waals surface area contributed by atoms with E-state index in [9.17, 15) is 0 Å². The van der Waals surface area contributed by atoms with Crippen molar-refractivity contribution in [3.63, 3.8) is 0 Å². The number of aryl methyl sites for hydroxylation is 4. The zero-order chi connectivity index (χ0) is 12.6. The Hall–Kier alpha value is -0.872. The Labute approximate surface area is 125 Å². The van der Waals surface area contributed by atoms with Gasteiger partial charge in [-0.25, -0.2) is 0 Å². The van der Waals surface area contributed by atoms with Gasteiger partial charge >= 0.3 is 21.1 Å². The Morgan fingerprint density at radius 1 is 0.722 bits per heavy atom. The molecule has 0 nitrogen and oxygen atoms in total. The summed E-state index contributed by atoms with van der Waals surface area (Å²) in [6, 6.07) is 12.2. The maximum Gasteiger partial charge on any atom is 2.00 e. The predicted molar refractivity (Wildman–Crippen MR) is 74.4 cm³/mol. The van der Waals surface area contributed by atoms with Gasteiger partial charge in [-0.05, 0) is 37.5 Å². The van der Waals surface area contributed by atoms with E-state index in [0.717, 1.165) is 0 Å². The van der Waals surface area contributed by atoms with Crippen molar-refractivity contribution in [3.8, 4) is 11.1 Å². The minimum atomic E-state index is 0. The fraction of sp³-hybridized carbons (Fsp3) is 0.294. The van der Waals surface area contributed by atoms with Gasteiger partial charge in [0, 0.05) is 0 Å². The Balaban J connectivity index is 0.00000162. The van der Waals surface area contributed by atoms with Crippen molar-refractivity contribution >= 4 is 0 Å². The first-order chi connectivity index (χ1) is 7.99. The fourth-order valence-corrected chi connectivity index (χ4v) is 2.05. The molecule has 0 aromatic heterocycles. The van der Waals surface area contributed by atoms with Gasteiger partial charge in [0.2, 0.25) is 0 Å². The molecule has 0 amide bonds. The van der Waals surface area contributed by atoms with E-state index in [0.29, 0.717) is 0 Å². The Morgan fingerprint density at radius 3 is 1.72 bits per heavy atom. The summed E-state index contributed by atoms with van der Waals surface area (Å²) in [6.45, 7) is 10.8. The van der Waals surface area contributed by atoms with Crippen molar-refractivity contribution in [2.75, 3.05) is 0 Å². The predicted octanol–water partition coefficient (Wildman–Crippen LogP) is 4.69. The Morgan fingerprint density at radius 2 is 1.22 bits per heavy atom. The second kappa shape index (κ2) is 5.85. The number of hydrogen-bond acceptors (Lipinski definition) is 0. The van der Waals surface area contributed by atoms with Crippen LogP contribution in [-0.4, -0.2) is 0 Å². The molecule has 0 unspecified atom stereocenters. The SMILES string of the molecule is Cc1[c-]cc(-c2cc(C)c(C)c(C)c2)cc1C.[W+2]. The van der Waals surface area contributed by atoms with Gasteiger partial charge in [-0.2, -0.15) is 29.3 Å². The van der Waals surface area contributed by atoms with Gasteiger partial charge in [0.1, 0.15) is 0 Å². The molecule has 0 aliphatic heterocycles. The standard InChI is InChI=1S/C17H19.W/c1-11-6-7-16(8-12(11)2)17-9-13(3)15(5)14(4)10-17;/h7-10H,1-5H3;/q-1;+2. The molecular formula is C17H19W+. The van der Waals surface area contributed by atoms with Gasteiger partial charge in [-0.3, -0.25) is 0 Å². The van der Waals surface area contributed by atoms with Gasteiger partial charge in [0.25, 0.3) is 0 Å². The molecule has 18 heavy (non-hydrogen) atoms. The van der Waals surface area contributed by atoms with Crippen LogP contribution in [0.2, 0.25) is 0 Å². The molecule has 0 aliphatic carbocycles. The quantitative estimate of drug-likeness (QED) is 0.602. The van der Waals surface area contributed by atoms with Crippen LogP contribution in [0.15, 0.2) is 24.3 Å². The first-order valence-corrected chi connectivity index (χ1v) is 6.06. The third kappa shape index (κ3) is 2.93.